The van der Waals surface area contributed by atoms with Crippen molar-refractivity contribution in [2.24, 2.45) is 5.92 Å². The van der Waals surface area contributed by atoms with E-state index < -0.39 is 36.2 Å². The molecule has 2 N–H and O–H groups in total. The van der Waals surface area contributed by atoms with Gasteiger partial charge in [0.05, 0.1) is 12.5 Å². The average molecular weight is 400 g/mol. The number of hydrogen-bond donors (Lipinski definition) is 2. The predicted octanol–water partition coefficient (Wildman–Crippen LogP) is 0.967. The Labute approximate surface area is 166 Å². The third-order valence-corrected chi connectivity index (χ3v) is 4.22. The van der Waals surface area contributed by atoms with Gasteiger partial charge in [-0.1, -0.05) is 22.9 Å². The molecule has 152 valence electrons. The zero-order valence-corrected chi connectivity index (χ0v) is 15.9. The Kier molecular flexibility index (Phi) is 5.91. The van der Waals surface area contributed by atoms with E-state index in [-0.39, 0.29) is 18.8 Å². The van der Waals surface area contributed by atoms with E-state index in [1.807, 2.05) is 13.0 Å². The van der Waals surface area contributed by atoms with E-state index in [0.29, 0.717) is 11.3 Å². The molecule has 0 radical (unpaired) electrons. The normalized spacial score (nSPS) is 15.9. The van der Waals surface area contributed by atoms with Crippen LogP contribution in [0.3, 0.4) is 0 Å². The summed E-state index contributed by atoms with van der Waals surface area (Å²) in [5, 5.41) is 7.11. The summed E-state index contributed by atoms with van der Waals surface area (Å²) in [5.74, 6) is -2.17. The van der Waals surface area contributed by atoms with Gasteiger partial charge < -0.3 is 14.6 Å². The van der Waals surface area contributed by atoms with Gasteiger partial charge in [0, 0.05) is 18.1 Å². The van der Waals surface area contributed by atoms with E-state index in [0.717, 1.165) is 10.6 Å². The van der Waals surface area contributed by atoms with Gasteiger partial charge in [0.2, 0.25) is 5.91 Å². The summed E-state index contributed by atoms with van der Waals surface area (Å²) in [6.07, 6.45) is -0.114. The highest BCUT2D eigenvalue weighted by Crippen LogP contribution is 2.18. The Morgan fingerprint density at radius 3 is 2.76 bits per heavy atom. The number of benzene rings is 1. The van der Waals surface area contributed by atoms with Gasteiger partial charge in [-0.3, -0.25) is 29.6 Å². The van der Waals surface area contributed by atoms with Crippen LogP contribution in [0.1, 0.15) is 28.1 Å². The van der Waals surface area contributed by atoms with Gasteiger partial charge in [0.15, 0.2) is 12.4 Å². The molecule has 1 aliphatic rings. The highest BCUT2D eigenvalue weighted by Gasteiger charge is 2.36. The minimum absolute atomic E-state index is 0.0285. The van der Waals surface area contributed by atoms with E-state index >= 15 is 0 Å². The number of hydrazine groups is 1. The van der Waals surface area contributed by atoms with Gasteiger partial charge in [0.1, 0.15) is 5.76 Å². The molecule has 1 aliphatic heterocycles. The number of aryl methyl sites for hydroxylation is 2. The van der Waals surface area contributed by atoms with Gasteiger partial charge in [-0.25, -0.2) is 0 Å². The van der Waals surface area contributed by atoms with Gasteiger partial charge in [0.25, 0.3) is 11.8 Å². The lowest BCUT2D eigenvalue weighted by atomic mass is 10.1. The van der Waals surface area contributed by atoms with Crippen LogP contribution in [0.5, 0.6) is 0 Å². The maximum absolute atomic E-state index is 12.3. The molecule has 1 aromatic carbocycles. The number of carbonyl (C=O) groups is 4. The van der Waals surface area contributed by atoms with Crippen LogP contribution >= 0.6 is 0 Å². The number of aromatic nitrogens is 1. The first-order valence-electron chi connectivity index (χ1n) is 8.89. The first kappa shape index (κ1) is 20.1. The number of carbonyl (C=O) groups excluding carboxylic acids is 4. The second-order valence-corrected chi connectivity index (χ2v) is 6.69. The summed E-state index contributed by atoms with van der Waals surface area (Å²) in [7, 11) is 0. The van der Waals surface area contributed by atoms with E-state index in [1.54, 1.807) is 25.1 Å². The third kappa shape index (κ3) is 5.18. The number of anilines is 1. The quantitative estimate of drug-likeness (QED) is 0.691. The van der Waals surface area contributed by atoms with Crippen molar-refractivity contribution in [1.82, 2.24) is 15.6 Å². The maximum Gasteiger partial charge on any atom is 0.311 e. The molecular formula is C19H20N4O6. The minimum Gasteiger partial charge on any atom is -0.455 e. The van der Waals surface area contributed by atoms with Crippen molar-refractivity contribution in [3.8, 4) is 0 Å². The van der Waals surface area contributed by atoms with Crippen molar-refractivity contribution in [3.05, 3.63) is 47.2 Å². The van der Waals surface area contributed by atoms with Crippen molar-refractivity contribution in [1.29, 1.82) is 0 Å². The minimum atomic E-state index is -0.776. The van der Waals surface area contributed by atoms with Crippen LogP contribution in [0.2, 0.25) is 0 Å². The molecule has 3 rings (SSSR count). The second-order valence-electron chi connectivity index (χ2n) is 6.69. The molecule has 2 aromatic rings. The Balaban J connectivity index is 1.48. The smallest absolute Gasteiger partial charge is 0.311 e. The largest absolute Gasteiger partial charge is 0.455 e. The monoisotopic (exact) mass is 400 g/mol. The fourth-order valence-electron chi connectivity index (χ4n) is 2.81. The SMILES string of the molecule is Cc1cccc(C(=O)NN2CC(C(=O)OCC(=O)Nc3cc(C)on3)CC2=O)c1. The van der Waals surface area contributed by atoms with E-state index in [4.69, 9.17) is 9.26 Å². The molecule has 1 unspecified atom stereocenters. The third-order valence-electron chi connectivity index (χ3n) is 4.22. The van der Waals surface area contributed by atoms with Crippen LogP contribution in [-0.4, -0.2) is 47.0 Å². The van der Waals surface area contributed by atoms with Crippen LogP contribution in [0.15, 0.2) is 34.9 Å². The van der Waals surface area contributed by atoms with Crippen molar-refractivity contribution < 1.29 is 28.4 Å². The number of rotatable bonds is 6. The lowest BCUT2D eigenvalue weighted by molar-refractivity contribution is -0.151. The summed E-state index contributed by atoms with van der Waals surface area (Å²) in [5.41, 5.74) is 3.81. The molecule has 10 heteroatoms. The molecule has 0 spiro atoms. The Morgan fingerprint density at radius 2 is 2.07 bits per heavy atom. The molecule has 0 saturated carbocycles. The fraction of sp³-hybridized carbons (Fsp3) is 0.316. The van der Waals surface area contributed by atoms with Gasteiger partial charge >= 0.3 is 5.97 Å². The Bertz CT molecular complexity index is 954. The number of amides is 3. The molecule has 3 amide bonds. The molecule has 1 aromatic heterocycles. The van der Waals surface area contributed by atoms with Crippen LogP contribution in [0, 0.1) is 19.8 Å². The number of hydrogen-bond acceptors (Lipinski definition) is 7. The zero-order chi connectivity index (χ0) is 21.0. The van der Waals surface area contributed by atoms with Crippen LogP contribution in [-0.2, 0) is 19.1 Å². The molecule has 29 heavy (non-hydrogen) atoms. The van der Waals surface area contributed by atoms with Crippen molar-refractivity contribution >= 4 is 29.5 Å². The molecule has 2 heterocycles. The highest BCUT2D eigenvalue weighted by atomic mass is 16.5. The summed E-state index contributed by atoms with van der Waals surface area (Å²) < 4.78 is 9.78. The number of esters is 1. The maximum atomic E-state index is 12.3. The molecular weight excluding hydrogens is 380 g/mol. The van der Waals surface area contributed by atoms with Crippen LogP contribution < -0.4 is 10.7 Å². The molecule has 10 nitrogen and oxygen atoms in total. The molecule has 1 saturated heterocycles. The Morgan fingerprint density at radius 1 is 1.28 bits per heavy atom. The summed E-state index contributed by atoms with van der Waals surface area (Å²) in [6.45, 7) is 2.97. The topological polar surface area (TPSA) is 131 Å². The van der Waals surface area contributed by atoms with E-state index in [2.05, 4.69) is 15.9 Å². The predicted molar refractivity (Wildman–Crippen MR) is 99.3 cm³/mol. The van der Waals surface area contributed by atoms with E-state index in [1.165, 1.54) is 6.07 Å². The average Bonchev–Trinajstić information content (AvgIpc) is 3.25. The van der Waals surface area contributed by atoms with Crippen LogP contribution in [0.4, 0.5) is 5.82 Å². The lowest BCUT2D eigenvalue weighted by Crippen LogP contribution is -2.43. The first-order chi connectivity index (χ1) is 13.8. The molecule has 0 bridgehead atoms. The lowest BCUT2D eigenvalue weighted by Gasteiger charge is -2.17. The zero-order valence-electron chi connectivity index (χ0n) is 15.9. The molecule has 1 fully saturated rings. The van der Waals surface area contributed by atoms with Crippen molar-refractivity contribution in [2.45, 2.75) is 20.3 Å². The second kappa shape index (κ2) is 8.55. The first-order valence-corrected chi connectivity index (χ1v) is 8.89. The fourth-order valence-corrected chi connectivity index (χ4v) is 2.81. The summed E-state index contributed by atoms with van der Waals surface area (Å²) in [6, 6.07) is 8.43. The standard InChI is InChI=1S/C19H20N4O6/c1-11-4-3-5-13(6-11)18(26)21-23-9-14(8-17(23)25)19(27)28-10-16(24)20-15-7-12(2)29-22-15/h3-7,14H,8-10H2,1-2H3,(H,21,26)(H,20,22,24). The molecule has 1 atom stereocenters. The van der Waals surface area contributed by atoms with Gasteiger partial charge in [-0.2, -0.15) is 0 Å². The summed E-state index contributed by atoms with van der Waals surface area (Å²) >= 11 is 0. The van der Waals surface area contributed by atoms with Gasteiger partial charge in [-0.05, 0) is 26.0 Å². The van der Waals surface area contributed by atoms with Crippen LogP contribution in [0.25, 0.3) is 0 Å². The van der Waals surface area contributed by atoms with E-state index in [9.17, 15) is 19.2 Å². The van der Waals surface area contributed by atoms with Crippen molar-refractivity contribution in [2.75, 3.05) is 18.5 Å². The van der Waals surface area contributed by atoms with Gasteiger partial charge in [-0.15, -0.1) is 0 Å². The highest BCUT2D eigenvalue weighted by molar-refractivity contribution is 5.97. The Hall–Kier alpha value is -3.69. The molecule has 0 aliphatic carbocycles. The summed E-state index contributed by atoms with van der Waals surface area (Å²) in [4.78, 5) is 48.4. The number of nitrogens with one attached hydrogen (secondary N) is 2. The van der Waals surface area contributed by atoms with Crippen molar-refractivity contribution in [3.63, 3.8) is 0 Å². The number of nitrogens with zero attached hydrogens (tertiary/aromatic N) is 2. The number of ether oxygens (including phenoxy) is 1.